The van der Waals surface area contributed by atoms with E-state index in [4.69, 9.17) is 5.11 Å². The lowest BCUT2D eigenvalue weighted by atomic mass is 9.89. The highest BCUT2D eigenvalue weighted by molar-refractivity contribution is 5.86. The van der Waals surface area contributed by atoms with Crippen molar-refractivity contribution >= 4 is 11.9 Å². The van der Waals surface area contributed by atoms with Crippen molar-refractivity contribution in [3.05, 3.63) is 0 Å². The highest BCUT2D eigenvalue weighted by Crippen LogP contribution is 2.19. The van der Waals surface area contributed by atoms with Gasteiger partial charge in [0.05, 0.1) is 0 Å². The third kappa shape index (κ3) is 4.64. The number of carboxylic acids is 1. The van der Waals surface area contributed by atoms with Gasteiger partial charge in [0.25, 0.3) is 0 Å². The summed E-state index contributed by atoms with van der Waals surface area (Å²) in [5, 5.41) is 11.4. The number of carbonyl (C=O) groups is 2. The SMILES string of the molecule is CCC(CC(=O)NC(C)(C)C(=O)O)C(C)C. The molecule has 4 nitrogen and oxygen atoms in total. The van der Waals surface area contributed by atoms with Crippen molar-refractivity contribution in [2.45, 2.75) is 53.0 Å². The molecule has 1 amide bonds. The zero-order valence-electron chi connectivity index (χ0n) is 10.8. The van der Waals surface area contributed by atoms with E-state index >= 15 is 0 Å². The summed E-state index contributed by atoms with van der Waals surface area (Å²) < 4.78 is 0. The van der Waals surface area contributed by atoms with Gasteiger partial charge >= 0.3 is 5.97 Å². The fourth-order valence-corrected chi connectivity index (χ4v) is 1.54. The van der Waals surface area contributed by atoms with Gasteiger partial charge in [0.2, 0.25) is 5.91 Å². The first-order valence-corrected chi connectivity index (χ1v) is 5.75. The summed E-state index contributed by atoms with van der Waals surface area (Å²) >= 11 is 0. The van der Waals surface area contributed by atoms with Crippen LogP contribution in [0.25, 0.3) is 0 Å². The molecule has 0 aliphatic rings. The number of aliphatic carboxylic acids is 1. The molecule has 0 fully saturated rings. The average Bonchev–Trinajstić information content (AvgIpc) is 2.12. The van der Waals surface area contributed by atoms with Gasteiger partial charge in [-0.25, -0.2) is 4.79 Å². The van der Waals surface area contributed by atoms with E-state index in [0.717, 1.165) is 6.42 Å². The molecule has 0 aromatic carbocycles. The van der Waals surface area contributed by atoms with Crippen molar-refractivity contribution < 1.29 is 14.7 Å². The standard InChI is InChI=1S/C12H23NO3/c1-6-9(8(2)3)7-10(14)13-12(4,5)11(15)16/h8-9H,6-7H2,1-5H3,(H,13,14)(H,15,16). The lowest BCUT2D eigenvalue weighted by molar-refractivity contribution is -0.146. The van der Waals surface area contributed by atoms with Gasteiger partial charge in [-0.3, -0.25) is 4.79 Å². The third-order valence-corrected chi connectivity index (χ3v) is 2.90. The lowest BCUT2D eigenvalue weighted by Gasteiger charge is -2.24. The molecule has 0 bridgehead atoms. The highest BCUT2D eigenvalue weighted by atomic mass is 16.4. The van der Waals surface area contributed by atoms with Crippen LogP contribution in [0.1, 0.15) is 47.5 Å². The summed E-state index contributed by atoms with van der Waals surface area (Å²) in [6, 6.07) is 0. The van der Waals surface area contributed by atoms with Crippen molar-refractivity contribution in [2.24, 2.45) is 11.8 Å². The second-order valence-corrected chi connectivity index (χ2v) is 5.09. The van der Waals surface area contributed by atoms with Crippen LogP contribution in [0.3, 0.4) is 0 Å². The first-order chi connectivity index (χ1) is 7.20. The highest BCUT2D eigenvalue weighted by Gasteiger charge is 2.29. The van der Waals surface area contributed by atoms with Gasteiger partial charge in [-0.05, 0) is 25.7 Å². The first kappa shape index (κ1) is 14.9. The molecule has 16 heavy (non-hydrogen) atoms. The minimum absolute atomic E-state index is 0.187. The average molecular weight is 229 g/mol. The number of carboxylic acid groups (broad SMARTS) is 1. The van der Waals surface area contributed by atoms with Crippen molar-refractivity contribution in [1.29, 1.82) is 0 Å². The summed E-state index contributed by atoms with van der Waals surface area (Å²) in [5.41, 5.74) is -1.19. The van der Waals surface area contributed by atoms with Crippen LogP contribution in [0.4, 0.5) is 0 Å². The molecule has 0 aliphatic heterocycles. The predicted octanol–water partition coefficient (Wildman–Crippen LogP) is 2.04. The maximum absolute atomic E-state index is 11.7. The normalized spacial score (nSPS) is 13.6. The number of amides is 1. The van der Waals surface area contributed by atoms with Gasteiger partial charge in [0.15, 0.2) is 0 Å². The van der Waals surface area contributed by atoms with Gasteiger partial charge < -0.3 is 10.4 Å². The van der Waals surface area contributed by atoms with Gasteiger partial charge in [0, 0.05) is 6.42 Å². The lowest BCUT2D eigenvalue weighted by Crippen LogP contribution is -2.50. The van der Waals surface area contributed by atoms with Crippen molar-refractivity contribution in [3.8, 4) is 0 Å². The van der Waals surface area contributed by atoms with Crippen LogP contribution in [0.2, 0.25) is 0 Å². The maximum Gasteiger partial charge on any atom is 0.328 e. The van der Waals surface area contributed by atoms with Gasteiger partial charge in [0.1, 0.15) is 5.54 Å². The molecule has 0 spiro atoms. The Morgan fingerprint density at radius 2 is 1.81 bits per heavy atom. The van der Waals surface area contributed by atoms with E-state index in [-0.39, 0.29) is 5.91 Å². The van der Waals surface area contributed by atoms with E-state index in [9.17, 15) is 9.59 Å². The Labute approximate surface area is 97.4 Å². The Balaban J connectivity index is 4.33. The van der Waals surface area contributed by atoms with E-state index in [1.165, 1.54) is 13.8 Å². The molecule has 1 atom stereocenters. The van der Waals surface area contributed by atoms with Gasteiger partial charge in [-0.1, -0.05) is 27.2 Å². The van der Waals surface area contributed by atoms with Crippen LogP contribution in [0.5, 0.6) is 0 Å². The van der Waals surface area contributed by atoms with Crippen LogP contribution in [0, 0.1) is 11.8 Å². The molecule has 2 N–H and O–H groups in total. The molecular weight excluding hydrogens is 206 g/mol. The zero-order chi connectivity index (χ0) is 12.9. The van der Waals surface area contributed by atoms with Crippen LogP contribution in [-0.4, -0.2) is 22.5 Å². The smallest absolute Gasteiger partial charge is 0.328 e. The summed E-state index contributed by atoms with van der Waals surface area (Å²) in [6.45, 7) is 9.17. The largest absolute Gasteiger partial charge is 0.480 e. The molecule has 4 heteroatoms. The Hall–Kier alpha value is -1.06. The molecule has 0 radical (unpaired) electrons. The number of hydrogen-bond donors (Lipinski definition) is 2. The third-order valence-electron chi connectivity index (χ3n) is 2.90. The Morgan fingerprint density at radius 3 is 2.12 bits per heavy atom. The quantitative estimate of drug-likeness (QED) is 0.732. The molecule has 1 unspecified atom stereocenters. The van der Waals surface area contributed by atoms with Gasteiger partial charge in [-0.15, -0.1) is 0 Å². The topological polar surface area (TPSA) is 66.4 Å². The van der Waals surface area contributed by atoms with Crippen LogP contribution in [0.15, 0.2) is 0 Å². The second-order valence-electron chi connectivity index (χ2n) is 5.09. The minimum atomic E-state index is -1.19. The van der Waals surface area contributed by atoms with Crippen LogP contribution < -0.4 is 5.32 Å². The molecule has 0 rings (SSSR count). The van der Waals surface area contributed by atoms with Crippen molar-refractivity contribution in [2.75, 3.05) is 0 Å². The molecule has 0 saturated carbocycles. The van der Waals surface area contributed by atoms with Gasteiger partial charge in [-0.2, -0.15) is 0 Å². The van der Waals surface area contributed by atoms with E-state index in [1.54, 1.807) is 0 Å². The molecule has 94 valence electrons. The molecule has 0 aliphatic carbocycles. The summed E-state index contributed by atoms with van der Waals surface area (Å²) in [4.78, 5) is 22.5. The van der Waals surface area contributed by atoms with Crippen LogP contribution >= 0.6 is 0 Å². The van der Waals surface area contributed by atoms with Crippen molar-refractivity contribution in [3.63, 3.8) is 0 Å². The molecule has 0 aromatic heterocycles. The summed E-state index contributed by atoms with van der Waals surface area (Å²) in [5.74, 6) is -0.459. The molecule has 0 aromatic rings. The first-order valence-electron chi connectivity index (χ1n) is 5.75. The Bertz CT molecular complexity index is 259. The molecular formula is C12H23NO3. The van der Waals surface area contributed by atoms with Crippen LogP contribution in [-0.2, 0) is 9.59 Å². The Kier molecular flexibility index (Phi) is 5.48. The fraction of sp³-hybridized carbons (Fsp3) is 0.833. The van der Waals surface area contributed by atoms with E-state index in [2.05, 4.69) is 19.2 Å². The maximum atomic E-state index is 11.7. The van der Waals surface area contributed by atoms with Crippen molar-refractivity contribution in [1.82, 2.24) is 5.32 Å². The van der Waals surface area contributed by atoms with E-state index < -0.39 is 11.5 Å². The zero-order valence-corrected chi connectivity index (χ0v) is 10.8. The monoisotopic (exact) mass is 229 g/mol. The second kappa shape index (κ2) is 5.87. The summed E-state index contributed by atoms with van der Waals surface area (Å²) in [6.07, 6.45) is 1.32. The Morgan fingerprint density at radius 1 is 1.31 bits per heavy atom. The van der Waals surface area contributed by atoms with E-state index in [0.29, 0.717) is 18.3 Å². The molecule has 0 heterocycles. The minimum Gasteiger partial charge on any atom is -0.480 e. The number of rotatable bonds is 6. The summed E-state index contributed by atoms with van der Waals surface area (Å²) in [7, 11) is 0. The number of carbonyl (C=O) groups excluding carboxylic acids is 1. The number of hydrogen-bond acceptors (Lipinski definition) is 2. The van der Waals surface area contributed by atoms with E-state index in [1.807, 2.05) is 6.92 Å². The number of nitrogens with one attached hydrogen (secondary N) is 1. The fourth-order valence-electron chi connectivity index (χ4n) is 1.54. The molecule has 0 saturated heterocycles. The predicted molar refractivity (Wildman–Crippen MR) is 63.1 cm³/mol.